The topological polar surface area (TPSA) is 20.3 Å². The number of likely N-dealkylation sites (tertiary alicyclic amines) is 1. The van der Waals surface area contributed by atoms with Crippen LogP contribution in [0.4, 0.5) is 0 Å². The van der Waals surface area contributed by atoms with E-state index in [1.807, 2.05) is 16.3 Å². The van der Waals surface area contributed by atoms with Crippen molar-refractivity contribution in [1.29, 1.82) is 0 Å². The van der Waals surface area contributed by atoms with Crippen molar-refractivity contribution >= 4 is 29.0 Å². The van der Waals surface area contributed by atoms with E-state index in [0.717, 1.165) is 13.1 Å². The highest BCUT2D eigenvalue weighted by Crippen LogP contribution is 2.23. The van der Waals surface area contributed by atoms with E-state index in [-0.39, 0.29) is 0 Å². The number of carbonyl (C=O) groups is 1. The number of hydrogen-bond acceptors (Lipinski definition) is 3. The van der Waals surface area contributed by atoms with Crippen LogP contribution in [0.2, 0.25) is 0 Å². The summed E-state index contributed by atoms with van der Waals surface area (Å²) in [6.07, 6.45) is 3.63. The maximum absolute atomic E-state index is 11.8. The van der Waals surface area contributed by atoms with Crippen molar-refractivity contribution in [2.75, 3.05) is 18.8 Å². The normalized spacial score (nSPS) is 16.7. The lowest BCUT2D eigenvalue weighted by Gasteiger charge is -2.26. The average molecular weight is 241 g/mol. The van der Waals surface area contributed by atoms with Gasteiger partial charge in [0.1, 0.15) is 0 Å². The quantitative estimate of drug-likeness (QED) is 0.758. The molecule has 1 saturated heterocycles. The second-order valence-corrected chi connectivity index (χ2v) is 5.89. The molecule has 0 aromatic carbocycles. The smallest absolute Gasteiger partial charge is 0.232 e. The van der Waals surface area contributed by atoms with Crippen LogP contribution in [0.1, 0.15) is 19.3 Å². The molecule has 1 aromatic rings. The minimum absolute atomic E-state index is 0.299. The highest BCUT2D eigenvalue weighted by Gasteiger charge is 2.16. The molecule has 0 atom stereocenters. The van der Waals surface area contributed by atoms with E-state index < -0.39 is 0 Å². The molecular weight excluding hydrogens is 226 g/mol. The predicted octanol–water partition coefficient (Wildman–Crippen LogP) is 2.85. The molecule has 2 heterocycles. The van der Waals surface area contributed by atoms with E-state index in [9.17, 15) is 4.79 Å². The van der Waals surface area contributed by atoms with Crippen LogP contribution in [0.3, 0.4) is 0 Å². The zero-order valence-electron chi connectivity index (χ0n) is 8.65. The fourth-order valence-corrected chi connectivity index (χ4v) is 3.40. The minimum Gasteiger partial charge on any atom is -0.342 e. The lowest BCUT2D eigenvalue weighted by Crippen LogP contribution is -2.36. The Labute approximate surface area is 98.7 Å². The predicted molar refractivity (Wildman–Crippen MR) is 65.5 cm³/mol. The van der Waals surface area contributed by atoms with Crippen LogP contribution in [0.25, 0.3) is 0 Å². The number of rotatable bonds is 3. The van der Waals surface area contributed by atoms with E-state index >= 15 is 0 Å². The average Bonchev–Trinajstić information content (AvgIpc) is 2.80. The Hall–Kier alpha value is -0.480. The Morgan fingerprint density at radius 1 is 1.40 bits per heavy atom. The molecule has 1 aromatic heterocycles. The maximum atomic E-state index is 11.8. The van der Waals surface area contributed by atoms with Crippen LogP contribution in [-0.4, -0.2) is 29.6 Å². The molecule has 0 unspecified atom stereocenters. The second-order valence-electron chi connectivity index (χ2n) is 3.66. The van der Waals surface area contributed by atoms with Gasteiger partial charge in [-0.25, -0.2) is 0 Å². The Morgan fingerprint density at radius 3 is 2.87 bits per heavy atom. The molecule has 4 heteroatoms. The first-order valence-electron chi connectivity index (χ1n) is 5.30. The molecule has 0 N–H and O–H groups in total. The van der Waals surface area contributed by atoms with Crippen molar-refractivity contribution < 1.29 is 4.79 Å². The molecule has 1 fully saturated rings. The molecular formula is C11H15NOS2. The van der Waals surface area contributed by atoms with Crippen molar-refractivity contribution in [3.8, 4) is 0 Å². The summed E-state index contributed by atoms with van der Waals surface area (Å²) in [6.45, 7) is 1.92. The van der Waals surface area contributed by atoms with Gasteiger partial charge in [0.05, 0.1) is 9.96 Å². The first-order valence-corrected chi connectivity index (χ1v) is 7.17. The number of hydrogen-bond donors (Lipinski definition) is 0. The van der Waals surface area contributed by atoms with Gasteiger partial charge in [0.25, 0.3) is 0 Å². The first kappa shape index (κ1) is 11.0. The fourth-order valence-electron chi connectivity index (χ4n) is 1.71. The molecule has 1 amide bonds. The van der Waals surface area contributed by atoms with Gasteiger partial charge in [0.15, 0.2) is 0 Å². The molecule has 0 aliphatic carbocycles. The van der Waals surface area contributed by atoms with Gasteiger partial charge in [-0.1, -0.05) is 6.07 Å². The first-order chi connectivity index (χ1) is 7.36. The summed E-state index contributed by atoms with van der Waals surface area (Å²) in [5.74, 6) is 0.897. The van der Waals surface area contributed by atoms with Crippen LogP contribution < -0.4 is 0 Å². The van der Waals surface area contributed by atoms with Gasteiger partial charge in [-0.2, -0.15) is 0 Å². The minimum atomic E-state index is 0.299. The summed E-state index contributed by atoms with van der Waals surface area (Å²) >= 11 is 3.36. The van der Waals surface area contributed by atoms with Crippen LogP contribution >= 0.6 is 23.1 Å². The third-order valence-corrected chi connectivity index (χ3v) is 4.66. The Bertz CT molecular complexity index is 304. The highest BCUT2D eigenvalue weighted by atomic mass is 32.2. The van der Waals surface area contributed by atoms with Gasteiger partial charge < -0.3 is 4.90 Å². The Balaban J connectivity index is 1.76. The molecule has 2 rings (SSSR count). The van der Waals surface area contributed by atoms with Crippen LogP contribution in [0, 0.1) is 0 Å². The second kappa shape index (κ2) is 5.56. The summed E-state index contributed by atoms with van der Waals surface area (Å²) in [7, 11) is 0. The third-order valence-electron chi connectivity index (χ3n) is 2.54. The van der Waals surface area contributed by atoms with Gasteiger partial charge in [-0.05, 0) is 30.7 Å². The van der Waals surface area contributed by atoms with Crippen LogP contribution in [0.5, 0.6) is 0 Å². The standard InChI is InChI=1S/C11H15NOS2/c13-10(12-6-2-1-3-7-12)9-15-11-5-4-8-14-11/h4-5,8H,1-3,6-7,9H2. The van der Waals surface area contributed by atoms with E-state index in [1.54, 1.807) is 23.1 Å². The molecule has 1 aliphatic rings. The Kier molecular flexibility index (Phi) is 4.09. The molecule has 2 nitrogen and oxygen atoms in total. The molecule has 0 radical (unpaired) electrons. The van der Waals surface area contributed by atoms with Gasteiger partial charge in [0, 0.05) is 13.1 Å². The van der Waals surface area contributed by atoms with Crippen molar-refractivity contribution in [1.82, 2.24) is 4.90 Å². The molecule has 0 spiro atoms. The summed E-state index contributed by atoms with van der Waals surface area (Å²) in [5.41, 5.74) is 0. The van der Waals surface area contributed by atoms with E-state index in [2.05, 4.69) is 6.07 Å². The van der Waals surface area contributed by atoms with E-state index in [1.165, 1.54) is 23.5 Å². The molecule has 1 aliphatic heterocycles. The summed E-state index contributed by atoms with van der Waals surface area (Å²) in [4.78, 5) is 13.8. The van der Waals surface area contributed by atoms with Crippen LogP contribution in [0.15, 0.2) is 21.7 Å². The van der Waals surface area contributed by atoms with Crippen molar-refractivity contribution in [3.05, 3.63) is 17.5 Å². The number of carbonyl (C=O) groups excluding carboxylic acids is 1. The fraction of sp³-hybridized carbons (Fsp3) is 0.545. The Morgan fingerprint density at radius 2 is 2.20 bits per heavy atom. The number of thioether (sulfide) groups is 1. The number of amides is 1. The zero-order chi connectivity index (χ0) is 10.5. The number of thiophene rings is 1. The number of nitrogens with zero attached hydrogens (tertiary/aromatic N) is 1. The van der Waals surface area contributed by atoms with Crippen molar-refractivity contribution in [3.63, 3.8) is 0 Å². The van der Waals surface area contributed by atoms with Crippen LogP contribution in [-0.2, 0) is 4.79 Å². The molecule has 0 bridgehead atoms. The molecule has 82 valence electrons. The highest BCUT2D eigenvalue weighted by molar-refractivity contribution is 8.01. The van der Waals surface area contributed by atoms with E-state index in [0.29, 0.717) is 11.7 Å². The third kappa shape index (κ3) is 3.24. The van der Waals surface area contributed by atoms with Gasteiger partial charge in [0.2, 0.25) is 5.91 Å². The number of piperidine rings is 1. The largest absolute Gasteiger partial charge is 0.342 e. The summed E-state index contributed by atoms with van der Waals surface area (Å²) in [6, 6.07) is 4.09. The van der Waals surface area contributed by atoms with E-state index in [4.69, 9.17) is 0 Å². The van der Waals surface area contributed by atoms with Gasteiger partial charge in [-0.15, -0.1) is 23.1 Å². The lowest BCUT2D eigenvalue weighted by atomic mass is 10.1. The monoisotopic (exact) mass is 241 g/mol. The lowest BCUT2D eigenvalue weighted by molar-refractivity contribution is -0.129. The summed E-state index contributed by atoms with van der Waals surface area (Å²) < 4.78 is 1.24. The van der Waals surface area contributed by atoms with Gasteiger partial charge in [-0.3, -0.25) is 4.79 Å². The van der Waals surface area contributed by atoms with Crippen molar-refractivity contribution in [2.45, 2.75) is 23.5 Å². The van der Waals surface area contributed by atoms with Crippen molar-refractivity contribution in [2.24, 2.45) is 0 Å². The maximum Gasteiger partial charge on any atom is 0.232 e. The molecule has 15 heavy (non-hydrogen) atoms. The van der Waals surface area contributed by atoms with Gasteiger partial charge >= 0.3 is 0 Å². The summed E-state index contributed by atoms with van der Waals surface area (Å²) in [5, 5.41) is 2.05. The SMILES string of the molecule is O=C(CSc1cccs1)N1CCCCC1. The zero-order valence-corrected chi connectivity index (χ0v) is 10.3. The molecule has 0 saturated carbocycles.